The molecule has 1 aliphatic rings. The lowest BCUT2D eigenvalue weighted by Crippen LogP contribution is -2.40. The fourth-order valence-corrected chi connectivity index (χ4v) is 3.87. The predicted molar refractivity (Wildman–Crippen MR) is 99.8 cm³/mol. The minimum absolute atomic E-state index is 0.0211. The highest BCUT2D eigenvalue weighted by molar-refractivity contribution is 7.20. The molecule has 0 atom stereocenters. The summed E-state index contributed by atoms with van der Waals surface area (Å²) in [7, 11) is 0. The molecule has 0 bridgehead atoms. The third-order valence-corrected chi connectivity index (χ3v) is 5.30. The van der Waals surface area contributed by atoms with E-state index in [2.05, 4.69) is 15.5 Å². The van der Waals surface area contributed by atoms with E-state index in [1.54, 1.807) is 17.0 Å². The van der Waals surface area contributed by atoms with Gasteiger partial charge in [0.1, 0.15) is 10.6 Å². The Morgan fingerprint density at radius 1 is 1.27 bits per heavy atom. The molecule has 26 heavy (non-hydrogen) atoms. The second-order valence-corrected chi connectivity index (χ2v) is 7.19. The van der Waals surface area contributed by atoms with Crippen LogP contribution in [0.25, 0.3) is 10.2 Å². The summed E-state index contributed by atoms with van der Waals surface area (Å²) < 4.78 is 5.29. The number of morpholine rings is 1. The minimum Gasteiger partial charge on any atom is -0.378 e. The highest BCUT2D eigenvalue weighted by Gasteiger charge is 2.22. The third kappa shape index (κ3) is 3.21. The number of anilines is 1. The molecule has 1 saturated heterocycles. The largest absolute Gasteiger partial charge is 0.378 e. The number of aromatic nitrogens is 2. The Labute approximate surface area is 154 Å². The Balaban J connectivity index is 1.56. The van der Waals surface area contributed by atoms with Crippen LogP contribution in [0, 0.1) is 6.92 Å². The topological polar surface area (TPSA) is 87.3 Å². The van der Waals surface area contributed by atoms with E-state index in [0.29, 0.717) is 47.4 Å². The number of nitrogens with one attached hydrogen (secondary N) is 2. The smallest absolute Gasteiger partial charge is 0.264 e. The molecule has 1 aliphatic heterocycles. The molecule has 7 nitrogen and oxygen atoms in total. The van der Waals surface area contributed by atoms with Gasteiger partial charge >= 0.3 is 0 Å². The zero-order chi connectivity index (χ0) is 18.1. The van der Waals surface area contributed by atoms with Crippen LogP contribution >= 0.6 is 11.3 Å². The van der Waals surface area contributed by atoms with Crippen LogP contribution in [0.5, 0.6) is 0 Å². The standard InChI is InChI=1S/C18H18N4O3S/c1-11-3-2-4-12(9-11)16(23)19-15-13-10-14(26-17(13)21-20-15)18(24)22-5-7-25-8-6-22/h2-4,9-10H,5-8H2,1H3,(H2,19,20,21,23). The molecule has 2 amide bonds. The maximum atomic E-state index is 12.6. The Bertz CT molecular complexity index is 972. The highest BCUT2D eigenvalue weighted by Crippen LogP contribution is 2.30. The first kappa shape index (κ1) is 16.7. The first-order chi connectivity index (χ1) is 12.6. The van der Waals surface area contributed by atoms with E-state index in [1.807, 2.05) is 25.1 Å². The summed E-state index contributed by atoms with van der Waals surface area (Å²) in [6.07, 6.45) is 0. The summed E-state index contributed by atoms with van der Waals surface area (Å²) in [5.74, 6) is 0.266. The quantitative estimate of drug-likeness (QED) is 0.742. The van der Waals surface area contributed by atoms with E-state index in [0.717, 1.165) is 10.9 Å². The summed E-state index contributed by atoms with van der Waals surface area (Å²) in [5, 5.41) is 10.6. The zero-order valence-electron chi connectivity index (χ0n) is 14.2. The van der Waals surface area contributed by atoms with E-state index in [4.69, 9.17) is 4.74 Å². The van der Waals surface area contributed by atoms with Crippen LogP contribution in [0.4, 0.5) is 5.82 Å². The number of ether oxygens (including phenoxy) is 1. The Morgan fingerprint density at radius 2 is 2.08 bits per heavy atom. The normalized spacial score (nSPS) is 14.6. The Morgan fingerprint density at radius 3 is 2.85 bits per heavy atom. The molecule has 1 fully saturated rings. The van der Waals surface area contributed by atoms with Gasteiger partial charge in [0.05, 0.1) is 23.5 Å². The molecule has 8 heteroatoms. The van der Waals surface area contributed by atoms with Crippen molar-refractivity contribution in [2.24, 2.45) is 0 Å². The molecule has 0 unspecified atom stereocenters. The van der Waals surface area contributed by atoms with Gasteiger partial charge < -0.3 is 15.0 Å². The number of amides is 2. The van der Waals surface area contributed by atoms with Crippen molar-refractivity contribution in [3.63, 3.8) is 0 Å². The number of fused-ring (bicyclic) bond motifs is 1. The van der Waals surface area contributed by atoms with Gasteiger partial charge in [-0.2, -0.15) is 5.10 Å². The number of H-pyrrole nitrogens is 1. The van der Waals surface area contributed by atoms with Crippen molar-refractivity contribution >= 4 is 39.2 Å². The zero-order valence-corrected chi connectivity index (χ0v) is 15.1. The maximum Gasteiger partial charge on any atom is 0.264 e. The first-order valence-electron chi connectivity index (χ1n) is 8.35. The number of hydrogen-bond acceptors (Lipinski definition) is 5. The number of aromatic amines is 1. The first-order valence-corrected chi connectivity index (χ1v) is 9.16. The van der Waals surface area contributed by atoms with E-state index >= 15 is 0 Å². The third-order valence-electron chi connectivity index (χ3n) is 4.28. The summed E-state index contributed by atoms with van der Waals surface area (Å²) in [6.45, 7) is 4.25. The molecule has 2 aromatic heterocycles. The predicted octanol–water partition coefficient (Wildman–Crippen LogP) is 2.66. The lowest BCUT2D eigenvalue weighted by Gasteiger charge is -2.26. The molecular formula is C18H18N4O3S. The van der Waals surface area contributed by atoms with Crippen LogP contribution in [-0.4, -0.2) is 53.2 Å². The lowest BCUT2D eigenvalue weighted by atomic mass is 10.1. The number of thiophene rings is 1. The van der Waals surface area contributed by atoms with Gasteiger partial charge in [-0.15, -0.1) is 11.3 Å². The number of hydrogen-bond donors (Lipinski definition) is 2. The van der Waals surface area contributed by atoms with Gasteiger partial charge in [-0.05, 0) is 25.1 Å². The van der Waals surface area contributed by atoms with Crippen molar-refractivity contribution in [2.75, 3.05) is 31.6 Å². The second kappa shape index (κ2) is 6.89. The molecule has 0 spiro atoms. The number of aryl methyl sites for hydroxylation is 1. The average molecular weight is 370 g/mol. The summed E-state index contributed by atoms with van der Waals surface area (Å²) in [4.78, 5) is 28.2. The van der Waals surface area contributed by atoms with E-state index in [-0.39, 0.29) is 11.8 Å². The molecule has 3 aromatic rings. The molecule has 0 saturated carbocycles. The fourth-order valence-electron chi connectivity index (χ4n) is 2.91. The monoisotopic (exact) mass is 370 g/mol. The number of nitrogens with zero attached hydrogens (tertiary/aromatic N) is 2. The van der Waals surface area contributed by atoms with Gasteiger partial charge in [-0.25, -0.2) is 0 Å². The van der Waals surface area contributed by atoms with Crippen LogP contribution in [-0.2, 0) is 4.74 Å². The van der Waals surface area contributed by atoms with E-state index < -0.39 is 0 Å². The van der Waals surface area contributed by atoms with Crippen molar-refractivity contribution in [3.8, 4) is 0 Å². The Hall–Kier alpha value is -2.71. The highest BCUT2D eigenvalue weighted by atomic mass is 32.1. The molecule has 0 radical (unpaired) electrons. The maximum absolute atomic E-state index is 12.6. The summed E-state index contributed by atoms with van der Waals surface area (Å²) in [5.41, 5.74) is 1.59. The molecule has 2 N–H and O–H groups in total. The molecule has 1 aromatic carbocycles. The van der Waals surface area contributed by atoms with Crippen molar-refractivity contribution in [1.29, 1.82) is 0 Å². The molecule has 0 aliphatic carbocycles. The van der Waals surface area contributed by atoms with Gasteiger partial charge in [-0.3, -0.25) is 14.7 Å². The number of carbonyl (C=O) groups excluding carboxylic acids is 2. The van der Waals surface area contributed by atoms with Crippen molar-refractivity contribution < 1.29 is 14.3 Å². The fraction of sp³-hybridized carbons (Fsp3) is 0.278. The van der Waals surface area contributed by atoms with Crippen LogP contribution in [0.15, 0.2) is 30.3 Å². The van der Waals surface area contributed by atoms with E-state index in [1.165, 1.54) is 11.3 Å². The van der Waals surface area contributed by atoms with E-state index in [9.17, 15) is 9.59 Å². The van der Waals surface area contributed by atoms with Crippen LogP contribution in [0.2, 0.25) is 0 Å². The van der Waals surface area contributed by atoms with Crippen LogP contribution < -0.4 is 5.32 Å². The minimum atomic E-state index is -0.216. The van der Waals surface area contributed by atoms with Gasteiger partial charge in [0.2, 0.25) is 0 Å². The Kier molecular flexibility index (Phi) is 4.44. The SMILES string of the molecule is Cc1cccc(C(=O)Nc2[nH]nc3sc(C(=O)N4CCOCC4)cc23)c1. The number of benzene rings is 1. The van der Waals surface area contributed by atoms with Gasteiger partial charge in [0.15, 0.2) is 0 Å². The molecule has 3 heterocycles. The average Bonchev–Trinajstić information content (AvgIpc) is 3.24. The van der Waals surface area contributed by atoms with Gasteiger partial charge in [0, 0.05) is 18.7 Å². The van der Waals surface area contributed by atoms with Crippen LogP contribution in [0.3, 0.4) is 0 Å². The van der Waals surface area contributed by atoms with Gasteiger partial charge in [0.25, 0.3) is 11.8 Å². The summed E-state index contributed by atoms with van der Waals surface area (Å²) in [6, 6.07) is 9.15. The second-order valence-electron chi connectivity index (χ2n) is 6.16. The molecule has 4 rings (SSSR count). The number of rotatable bonds is 3. The van der Waals surface area contributed by atoms with Gasteiger partial charge in [-0.1, -0.05) is 17.7 Å². The van der Waals surface area contributed by atoms with Crippen molar-refractivity contribution in [3.05, 3.63) is 46.3 Å². The molecular weight excluding hydrogens is 352 g/mol. The number of carbonyl (C=O) groups is 2. The van der Waals surface area contributed by atoms with Crippen LogP contribution in [0.1, 0.15) is 25.6 Å². The lowest BCUT2D eigenvalue weighted by molar-refractivity contribution is 0.0306. The summed E-state index contributed by atoms with van der Waals surface area (Å²) >= 11 is 1.32. The van der Waals surface area contributed by atoms with Crippen molar-refractivity contribution in [2.45, 2.75) is 6.92 Å². The molecule has 134 valence electrons. The van der Waals surface area contributed by atoms with Crippen molar-refractivity contribution in [1.82, 2.24) is 15.1 Å².